The van der Waals surface area contributed by atoms with Crippen molar-refractivity contribution in [2.45, 2.75) is 19.3 Å². The monoisotopic (exact) mass is 303 g/mol. The molecule has 0 bridgehead atoms. The molecule has 7 heteroatoms. The van der Waals surface area contributed by atoms with Crippen molar-refractivity contribution in [1.82, 2.24) is 15.2 Å². The molecule has 3 heterocycles. The highest BCUT2D eigenvalue weighted by atomic mass is 16.5. The van der Waals surface area contributed by atoms with Crippen molar-refractivity contribution in [3.05, 3.63) is 22.6 Å². The highest BCUT2D eigenvalue weighted by molar-refractivity contribution is 5.87. The number of anilines is 1. The molecule has 0 spiro atoms. The van der Waals surface area contributed by atoms with Crippen LogP contribution in [0.1, 0.15) is 19.3 Å². The van der Waals surface area contributed by atoms with Gasteiger partial charge < -0.3 is 15.4 Å². The number of hydrogen-bond acceptors (Lipinski definition) is 6. The van der Waals surface area contributed by atoms with Gasteiger partial charge in [-0.15, -0.1) is 0 Å². The number of H-pyrrole nitrogens is 1. The average Bonchev–Trinajstić information content (AvgIpc) is 2.55. The first-order chi connectivity index (χ1) is 10.7. The molecule has 0 unspecified atom stereocenters. The van der Waals surface area contributed by atoms with E-state index in [2.05, 4.69) is 20.1 Å². The molecule has 0 saturated carbocycles. The molecule has 1 aliphatic rings. The Kier molecular flexibility index (Phi) is 4.24. The third kappa shape index (κ3) is 2.76. The first kappa shape index (κ1) is 14.8. The normalized spacial score (nSPS) is 16.2. The standard InChI is InChI=1S/C15H21N5O2/c1-22-15-13-11(9-17-19-14(13)21)8-12(18-15)20-6-3-10(2-5-16)4-7-20/h8-10H,2-7,16H2,1H3,(H,19,21). The van der Waals surface area contributed by atoms with E-state index in [-0.39, 0.29) is 5.56 Å². The molecule has 22 heavy (non-hydrogen) atoms. The van der Waals surface area contributed by atoms with Gasteiger partial charge in [0.1, 0.15) is 11.2 Å². The molecule has 1 saturated heterocycles. The molecule has 0 atom stereocenters. The van der Waals surface area contributed by atoms with Gasteiger partial charge in [0, 0.05) is 18.5 Å². The van der Waals surface area contributed by atoms with Crippen LogP contribution in [0.25, 0.3) is 10.8 Å². The lowest BCUT2D eigenvalue weighted by atomic mass is 9.93. The first-order valence-corrected chi connectivity index (χ1v) is 7.60. The van der Waals surface area contributed by atoms with Gasteiger partial charge in [0.25, 0.3) is 5.56 Å². The third-order valence-corrected chi connectivity index (χ3v) is 4.31. The van der Waals surface area contributed by atoms with Crippen molar-refractivity contribution in [2.75, 3.05) is 31.6 Å². The lowest BCUT2D eigenvalue weighted by molar-refractivity contribution is 0.381. The predicted octanol–water partition coefficient (Wildman–Crippen LogP) is 0.892. The number of piperidine rings is 1. The van der Waals surface area contributed by atoms with Gasteiger partial charge in [0.15, 0.2) is 0 Å². The van der Waals surface area contributed by atoms with Crippen LogP contribution in [0.15, 0.2) is 17.1 Å². The lowest BCUT2D eigenvalue weighted by Gasteiger charge is -2.32. The number of rotatable bonds is 4. The summed E-state index contributed by atoms with van der Waals surface area (Å²) >= 11 is 0. The van der Waals surface area contributed by atoms with Crippen molar-refractivity contribution in [1.29, 1.82) is 0 Å². The Labute approximate surface area is 128 Å². The molecule has 0 aliphatic carbocycles. The van der Waals surface area contributed by atoms with Crippen LogP contribution in [0.3, 0.4) is 0 Å². The van der Waals surface area contributed by atoms with Crippen LogP contribution in [-0.2, 0) is 0 Å². The van der Waals surface area contributed by atoms with E-state index >= 15 is 0 Å². The Bertz CT molecular complexity index is 707. The first-order valence-electron chi connectivity index (χ1n) is 7.60. The second-order valence-corrected chi connectivity index (χ2v) is 5.66. The zero-order chi connectivity index (χ0) is 15.5. The highest BCUT2D eigenvalue weighted by Crippen LogP contribution is 2.28. The largest absolute Gasteiger partial charge is 0.480 e. The smallest absolute Gasteiger partial charge is 0.277 e. The summed E-state index contributed by atoms with van der Waals surface area (Å²) in [7, 11) is 1.53. The van der Waals surface area contributed by atoms with E-state index < -0.39 is 0 Å². The molecule has 0 radical (unpaired) electrons. The summed E-state index contributed by atoms with van der Waals surface area (Å²) in [5.41, 5.74) is 5.36. The molecule has 2 aromatic heterocycles. The number of aromatic amines is 1. The van der Waals surface area contributed by atoms with Crippen molar-refractivity contribution in [3.63, 3.8) is 0 Å². The molecular formula is C15H21N5O2. The molecule has 1 aliphatic heterocycles. The van der Waals surface area contributed by atoms with Crippen molar-refractivity contribution in [2.24, 2.45) is 11.7 Å². The number of nitrogens with one attached hydrogen (secondary N) is 1. The van der Waals surface area contributed by atoms with Gasteiger partial charge >= 0.3 is 0 Å². The number of pyridine rings is 1. The van der Waals surface area contributed by atoms with Gasteiger partial charge in [-0.2, -0.15) is 10.1 Å². The van der Waals surface area contributed by atoms with Crippen LogP contribution in [0, 0.1) is 5.92 Å². The van der Waals surface area contributed by atoms with Crippen LogP contribution in [0.5, 0.6) is 5.88 Å². The van der Waals surface area contributed by atoms with E-state index in [9.17, 15) is 4.79 Å². The van der Waals surface area contributed by atoms with Crippen molar-refractivity contribution < 1.29 is 4.74 Å². The van der Waals surface area contributed by atoms with Gasteiger partial charge in [-0.05, 0) is 37.8 Å². The minimum atomic E-state index is -0.282. The Morgan fingerprint density at radius 1 is 1.45 bits per heavy atom. The maximum atomic E-state index is 11.9. The molecule has 1 fully saturated rings. The van der Waals surface area contributed by atoms with Gasteiger partial charge in [0.05, 0.1) is 13.3 Å². The topological polar surface area (TPSA) is 97.1 Å². The molecule has 3 rings (SSSR count). The van der Waals surface area contributed by atoms with Gasteiger partial charge in [-0.25, -0.2) is 5.10 Å². The third-order valence-electron chi connectivity index (χ3n) is 4.31. The minimum absolute atomic E-state index is 0.282. The van der Waals surface area contributed by atoms with Crippen LogP contribution in [0.2, 0.25) is 0 Å². The SMILES string of the molecule is COc1nc(N2CCC(CCN)CC2)cc2cn[nH]c(=O)c12. The number of nitrogens with two attached hydrogens (primary N) is 1. The Hall–Kier alpha value is -2.15. The fraction of sp³-hybridized carbons (Fsp3) is 0.533. The Balaban J connectivity index is 1.91. The van der Waals surface area contributed by atoms with E-state index in [0.29, 0.717) is 17.2 Å². The minimum Gasteiger partial charge on any atom is -0.480 e. The van der Waals surface area contributed by atoms with Crippen LogP contribution in [-0.4, -0.2) is 41.9 Å². The molecule has 3 N–H and O–H groups in total. The quantitative estimate of drug-likeness (QED) is 0.870. The summed E-state index contributed by atoms with van der Waals surface area (Å²) in [6, 6.07) is 1.91. The maximum Gasteiger partial charge on any atom is 0.277 e. The van der Waals surface area contributed by atoms with Crippen molar-refractivity contribution in [3.8, 4) is 5.88 Å². The zero-order valence-corrected chi connectivity index (χ0v) is 12.7. The molecule has 0 amide bonds. The van der Waals surface area contributed by atoms with E-state index in [1.807, 2.05) is 6.07 Å². The van der Waals surface area contributed by atoms with Crippen LogP contribution < -0.4 is 20.9 Å². The predicted molar refractivity (Wildman–Crippen MR) is 85.3 cm³/mol. The average molecular weight is 303 g/mol. The Morgan fingerprint density at radius 3 is 2.91 bits per heavy atom. The van der Waals surface area contributed by atoms with Crippen LogP contribution in [0.4, 0.5) is 5.82 Å². The van der Waals surface area contributed by atoms with Gasteiger partial charge in [0.2, 0.25) is 5.88 Å². The summed E-state index contributed by atoms with van der Waals surface area (Å²) < 4.78 is 5.30. The summed E-state index contributed by atoms with van der Waals surface area (Å²) in [5, 5.41) is 7.46. The number of fused-ring (bicyclic) bond motifs is 1. The van der Waals surface area contributed by atoms with E-state index in [4.69, 9.17) is 10.5 Å². The second kappa shape index (κ2) is 6.31. The molecule has 2 aromatic rings. The van der Waals surface area contributed by atoms with Crippen LogP contribution >= 0.6 is 0 Å². The summed E-state index contributed by atoms with van der Waals surface area (Å²) in [6.45, 7) is 2.65. The number of aromatic nitrogens is 3. The number of hydrogen-bond donors (Lipinski definition) is 2. The fourth-order valence-electron chi connectivity index (χ4n) is 3.07. The van der Waals surface area contributed by atoms with Gasteiger partial charge in [-0.3, -0.25) is 4.79 Å². The lowest BCUT2D eigenvalue weighted by Crippen LogP contribution is -2.35. The molecule has 0 aromatic carbocycles. The van der Waals surface area contributed by atoms with Crippen molar-refractivity contribution >= 4 is 16.6 Å². The maximum absolute atomic E-state index is 11.9. The summed E-state index contributed by atoms with van der Waals surface area (Å²) in [4.78, 5) is 18.6. The van der Waals surface area contributed by atoms with E-state index in [0.717, 1.165) is 50.1 Å². The zero-order valence-electron chi connectivity index (χ0n) is 12.7. The second-order valence-electron chi connectivity index (χ2n) is 5.66. The number of methoxy groups -OCH3 is 1. The molecule has 7 nitrogen and oxygen atoms in total. The summed E-state index contributed by atoms with van der Waals surface area (Å²) in [5.74, 6) is 1.89. The molecule has 118 valence electrons. The number of ether oxygens (including phenoxy) is 1. The summed E-state index contributed by atoms with van der Waals surface area (Å²) in [6.07, 6.45) is 4.95. The van der Waals surface area contributed by atoms with E-state index in [1.165, 1.54) is 7.11 Å². The number of nitrogens with zero attached hydrogens (tertiary/aromatic N) is 3. The molecular weight excluding hydrogens is 282 g/mol. The Morgan fingerprint density at radius 2 is 2.23 bits per heavy atom. The van der Waals surface area contributed by atoms with E-state index in [1.54, 1.807) is 6.20 Å². The highest BCUT2D eigenvalue weighted by Gasteiger charge is 2.21. The fourth-order valence-corrected chi connectivity index (χ4v) is 3.07. The van der Waals surface area contributed by atoms with Gasteiger partial charge in [-0.1, -0.05) is 0 Å².